The summed E-state index contributed by atoms with van der Waals surface area (Å²) in [5.41, 5.74) is 0. The number of carbonyl (C=O) groups excluding carboxylic acids is 2. The van der Waals surface area contributed by atoms with Crippen LogP contribution < -0.4 is 4.89 Å². The van der Waals surface area contributed by atoms with E-state index >= 15 is 0 Å². The van der Waals surface area contributed by atoms with Crippen molar-refractivity contribution in [3.63, 3.8) is 0 Å². The van der Waals surface area contributed by atoms with Crippen LogP contribution in [-0.2, 0) is 37.4 Å². The van der Waals surface area contributed by atoms with E-state index in [1.807, 2.05) is 27.2 Å². The van der Waals surface area contributed by atoms with Gasteiger partial charge in [-0.1, -0.05) is 132 Å². The SMILES string of the molecule is CCCCC/C=C\C/C=C\CCCCCCCCCC(=O)OC[C@H](COP(=O)([O-])OCC[N+](C)(C)C)OC(=O)CCC/C=C\C/C=C\CC1OC1C/C=C\CCCCC. The van der Waals surface area contributed by atoms with Crippen molar-refractivity contribution in [2.24, 2.45) is 0 Å². The van der Waals surface area contributed by atoms with Gasteiger partial charge in [0.1, 0.15) is 19.8 Å². The van der Waals surface area contributed by atoms with Crippen molar-refractivity contribution in [3.8, 4) is 0 Å². The van der Waals surface area contributed by atoms with E-state index < -0.39 is 32.5 Å². The monoisotopic (exact) mass is 850 g/mol. The molecule has 0 spiro atoms. The number of phosphoric ester groups is 1. The van der Waals surface area contributed by atoms with E-state index in [0.29, 0.717) is 42.5 Å². The van der Waals surface area contributed by atoms with Gasteiger partial charge in [0.15, 0.2) is 6.10 Å². The Morgan fingerprint density at radius 3 is 1.66 bits per heavy atom. The molecule has 0 aromatic rings. The molecule has 0 saturated carbocycles. The molecule has 0 bridgehead atoms. The first-order valence-corrected chi connectivity index (χ1v) is 24.6. The minimum atomic E-state index is -4.65. The Bertz CT molecular complexity index is 1260. The number of hydrogen-bond donors (Lipinski definition) is 0. The van der Waals surface area contributed by atoms with Gasteiger partial charge in [-0.15, -0.1) is 0 Å². The van der Waals surface area contributed by atoms with Crippen LogP contribution in [0, 0.1) is 0 Å². The van der Waals surface area contributed by atoms with E-state index in [0.717, 1.165) is 57.8 Å². The highest BCUT2D eigenvalue weighted by Crippen LogP contribution is 2.38. The van der Waals surface area contributed by atoms with Gasteiger partial charge in [-0.3, -0.25) is 14.2 Å². The highest BCUT2D eigenvalue weighted by molar-refractivity contribution is 7.45. The molecule has 0 aromatic heterocycles. The van der Waals surface area contributed by atoms with Gasteiger partial charge in [0, 0.05) is 12.8 Å². The molecule has 0 aromatic carbocycles. The summed E-state index contributed by atoms with van der Waals surface area (Å²) < 4.78 is 39.6. The number of phosphoric acid groups is 1. The quantitative estimate of drug-likeness (QED) is 0.0148. The third-order valence-corrected chi connectivity index (χ3v) is 10.9. The van der Waals surface area contributed by atoms with Gasteiger partial charge < -0.3 is 32.6 Å². The minimum absolute atomic E-state index is 0.0474. The lowest BCUT2D eigenvalue weighted by Crippen LogP contribution is -2.37. The number of quaternary nitrogens is 1. The van der Waals surface area contributed by atoms with E-state index in [1.54, 1.807) is 0 Å². The number of ether oxygens (including phenoxy) is 3. The fourth-order valence-corrected chi connectivity index (χ4v) is 6.86. The minimum Gasteiger partial charge on any atom is -0.756 e. The number of esters is 2. The molecule has 1 aliphatic heterocycles. The third kappa shape index (κ3) is 37.2. The normalized spacial score (nSPS) is 17.5. The third-order valence-electron chi connectivity index (χ3n) is 9.91. The van der Waals surface area contributed by atoms with Crippen LogP contribution >= 0.6 is 7.82 Å². The number of carbonyl (C=O) groups is 2. The Morgan fingerprint density at radius 2 is 1.08 bits per heavy atom. The number of nitrogens with zero attached hydrogens (tertiary/aromatic N) is 1. The maximum atomic E-state index is 12.7. The molecule has 1 heterocycles. The van der Waals surface area contributed by atoms with Crippen LogP contribution in [0.4, 0.5) is 0 Å². The molecule has 0 N–H and O–H groups in total. The lowest BCUT2D eigenvalue weighted by Gasteiger charge is -2.28. The lowest BCUT2D eigenvalue weighted by atomic mass is 10.1. The predicted octanol–water partition coefficient (Wildman–Crippen LogP) is 11.6. The zero-order chi connectivity index (χ0) is 43.3. The van der Waals surface area contributed by atoms with Crippen LogP contribution in [0.15, 0.2) is 60.8 Å². The Morgan fingerprint density at radius 1 is 0.610 bits per heavy atom. The summed E-state index contributed by atoms with van der Waals surface area (Å²) in [7, 11) is 1.11. The summed E-state index contributed by atoms with van der Waals surface area (Å²) in [6.07, 6.45) is 45.6. The molecule has 0 aliphatic carbocycles. The highest BCUT2D eigenvalue weighted by Gasteiger charge is 2.36. The molecule has 340 valence electrons. The van der Waals surface area contributed by atoms with E-state index in [-0.39, 0.29) is 26.1 Å². The lowest BCUT2D eigenvalue weighted by molar-refractivity contribution is -0.870. The van der Waals surface area contributed by atoms with E-state index in [1.165, 1.54) is 64.2 Å². The van der Waals surface area contributed by atoms with Crippen LogP contribution in [0.1, 0.15) is 168 Å². The second-order valence-corrected chi connectivity index (χ2v) is 18.2. The molecular weight excluding hydrogens is 765 g/mol. The molecule has 1 fully saturated rings. The summed E-state index contributed by atoms with van der Waals surface area (Å²) in [6, 6.07) is 0. The fourth-order valence-electron chi connectivity index (χ4n) is 6.13. The van der Waals surface area contributed by atoms with Gasteiger partial charge in [-0.05, 0) is 83.5 Å². The Labute approximate surface area is 360 Å². The molecule has 3 unspecified atom stereocenters. The standard InChI is InChI=1S/C48H84NO9P/c1-6-8-10-12-14-15-16-17-18-19-20-21-22-23-26-30-34-38-47(50)54-42-44(43-56-59(52,53)55-41-40-49(3,4)5)57-48(51)39-35-31-27-24-25-29-33-37-46-45(58-46)36-32-28-13-11-9-7-2/h14-15,17-18,24,27-29,32-33,44-46H,6-13,16,19-23,25-26,30-31,34-43H2,1-5H3/b15-14-,18-17-,27-24-,32-28-,33-29-/t44-,45?,46?/m1/s1. The summed E-state index contributed by atoms with van der Waals surface area (Å²) in [4.78, 5) is 37.6. The number of allylic oxidation sites excluding steroid dienone is 8. The van der Waals surface area contributed by atoms with Crippen molar-refractivity contribution in [1.29, 1.82) is 0 Å². The van der Waals surface area contributed by atoms with Crippen molar-refractivity contribution in [2.75, 3.05) is 47.5 Å². The van der Waals surface area contributed by atoms with Crippen molar-refractivity contribution in [1.82, 2.24) is 0 Å². The van der Waals surface area contributed by atoms with Crippen LogP contribution in [0.25, 0.3) is 0 Å². The number of rotatable bonds is 40. The van der Waals surface area contributed by atoms with Crippen LogP contribution in [-0.4, -0.2) is 82.2 Å². The maximum absolute atomic E-state index is 12.7. The fraction of sp³-hybridized carbons (Fsp3) is 0.750. The average Bonchev–Trinajstić information content (AvgIpc) is 3.94. The first kappa shape index (κ1) is 54.7. The average molecular weight is 850 g/mol. The van der Waals surface area contributed by atoms with Gasteiger partial charge in [-0.25, -0.2) is 0 Å². The molecule has 0 radical (unpaired) electrons. The van der Waals surface area contributed by atoms with Crippen LogP contribution in [0.2, 0.25) is 0 Å². The molecule has 1 rings (SSSR count). The molecule has 11 heteroatoms. The molecule has 1 aliphatic rings. The van der Waals surface area contributed by atoms with E-state index in [2.05, 4.69) is 68.5 Å². The van der Waals surface area contributed by atoms with Gasteiger partial charge in [-0.2, -0.15) is 0 Å². The van der Waals surface area contributed by atoms with Crippen molar-refractivity contribution >= 4 is 19.8 Å². The molecule has 0 amide bonds. The molecule has 59 heavy (non-hydrogen) atoms. The summed E-state index contributed by atoms with van der Waals surface area (Å²) in [5, 5.41) is 0. The second-order valence-electron chi connectivity index (χ2n) is 16.8. The topological polar surface area (TPSA) is 124 Å². The number of epoxide rings is 1. The second kappa shape index (κ2) is 36.3. The number of hydrogen-bond acceptors (Lipinski definition) is 9. The molecular formula is C48H84NO9P. The van der Waals surface area contributed by atoms with E-state index in [4.69, 9.17) is 23.3 Å². The highest BCUT2D eigenvalue weighted by atomic mass is 31.2. The zero-order valence-corrected chi connectivity index (χ0v) is 38.8. The summed E-state index contributed by atoms with van der Waals surface area (Å²) >= 11 is 0. The van der Waals surface area contributed by atoms with E-state index in [9.17, 15) is 19.0 Å². The molecule has 1 saturated heterocycles. The Balaban J connectivity index is 2.32. The summed E-state index contributed by atoms with van der Waals surface area (Å²) in [6.45, 7) is 4.08. The number of likely N-dealkylation sites (N-methyl/N-ethyl adjacent to an activating group) is 1. The predicted molar refractivity (Wildman–Crippen MR) is 240 cm³/mol. The Hall–Kier alpha value is -2.33. The summed E-state index contributed by atoms with van der Waals surface area (Å²) in [5.74, 6) is -0.919. The first-order valence-electron chi connectivity index (χ1n) is 23.1. The maximum Gasteiger partial charge on any atom is 0.306 e. The van der Waals surface area contributed by atoms with Crippen molar-refractivity contribution in [3.05, 3.63) is 60.8 Å². The molecule has 10 nitrogen and oxygen atoms in total. The molecule has 4 atom stereocenters. The number of unbranched alkanes of at least 4 members (excludes halogenated alkanes) is 14. The zero-order valence-electron chi connectivity index (χ0n) is 37.9. The van der Waals surface area contributed by atoms with Gasteiger partial charge in [0.05, 0.1) is 40.0 Å². The van der Waals surface area contributed by atoms with Crippen molar-refractivity contribution < 1.29 is 46.8 Å². The van der Waals surface area contributed by atoms with Crippen LogP contribution in [0.5, 0.6) is 0 Å². The van der Waals surface area contributed by atoms with Gasteiger partial charge in [0.25, 0.3) is 7.82 Å². The Kier molecular flexibility index (Phi) is 33.7. The van der Waals surface area contributed by atoms with Crippen molar-refractivity contribution in [2.45, 2.75) is 186 Å². The largest absolute Gasteiger partial charge is 0.756 e. The van der Waals surface area contributed by atoms with Gasteiger partial charge in [0.2, 0.25) is 0 Å². The smallest absolute Gasteiger partial charge is 0.306 e. The first-order chi connectivity index (χ1) is 28.5. The van der Waals surface area contributed by atoms with Gasteiger partial charge >= 0.3 is 11.9 Å². The van der Waals surface area contributed by atoms with Crippen LogP contribution in [0.3, 0.4) is 0 Å².